The van der Waals surface area contributed by atoms with Gasteiger partial charge in [0.25, 0.3) is 0 Å². The smallest absolute Gasteiger partial charge is 0.134 e. The number of para-hydroxylation sites is 1. The van der Waals surface area contributed by atoms with Crippen molar-refractivity contribution < 1.29 is 4.74 Å². The van der Waals surface area contributed by atoms with Crippen molar-refractivity contribution in [2.75, 3.05) is 12.3 Å². The van der Waals surface area contributed by atoms with Crippen LogP contribution in [0.2, 0.25) is 0 Å². The number of benzene rings is 1. The summed E-state index contributed by atoms with van der Waals surface area (Å²) < 4.78 is 5.80. The van der Waals surface area contributed by atoms with E-state index in [1.165, 1.54) is 0 Å². The highest BCUT2D eigenvalue weighted by molar-refractivity contribution is 5.68. The van der Waals surface area contributed by atoms with E-state index in [1.807, 2.05) is 30.3 Å². The maximum absolute atomic E-state index is 5.92. The first kappa shape index (κ1) is 12.9. The summed E-state index contributed by atoms with van der Waals surface area (Å²) in [6, 6.07) is 9.77. The van der Waals surface area contributed by atoms with Crippen molar-refractivity contribution in [2.45, 2.75) is 32.1 Å². The van der Waals surface area contributed by atoms with Crippen LogP contribution in [-0.2, 0) is 0 Å². The lowest BCUT2D eigenvalue weighted by atomic mass is 10.1. The summed E-state index contributed by atoms with van der Waals surface area (Å²) in [6.45, 7) is 2.80. The fourth-order valence-electron chi connectivity index (χ4n) is 2.16. The first-order valence-corrected chi connectivity index (χ1v) is 7.14. The van der Waals surface area contributed by atoms with E-state index in [0.717, 1.165) is 42.1 Å². The van der Waals surface area contributed by atoms with E-state index in [-0.39, 0.29) is 0 Å². The Balaban J connectivity index is 1.99. The molecule has 1 aliphatic carbocycles. The summed E-state index contributed by atoms with van der Waals surface area (Å²) in [5.74, 6) is 2.74. The van der Waals surface area contributed by atoms with Crippen molar-refractivity contribution in [1.29, 1.82) is 0 Å². The first-order valence-electron chi connectivity index (χ1n) is 7.14. The number of nitrogen functional groups attached to an aromatic ring is 1. The van der Waals surface area contributed by atoms with E-state index < -0.39 is 0 Å². The molecule has 0 unspecified atom stereocenters. The summed E-state index contributed by atoms with van der Waals surface area (Å²) in [5.41, 5.74) is 7.76. The zero-order valence-electron chi connectivity index (χ0n) is 11.7. The molecular formula is C16H19N3O. The molecule has 4 heteroatoms. The van der Waals surface area contributed by atoms with Crippen LogP contribution in [-0.4, -0.2) is 16.6 Å². The third kappa shape index (κ3) is 2.74. The lowest BCUT2D eigenvalue weighted by Gasteiger charge is -2.11. The number of hydrogen-bond donors (Lipinski definition) is 1. The van der Waals surface area contributed by atoms with Crippen LogP contribution < -0.4 is 10.5 Å². The zero-order chi connectivity index (χ0) is 13.9. The number of ether oxygens (including phenoxy) is 1. The van der Waals surface area contributed by atoms with Crippen LogP contribution in [0.4, 0.5) is 5.82 Å². The van der Waals surface area contributed by atoms with E-state index in [2.05, 4.69) is 16.9 Å². The highest BCUT2D eigenvalue weighted by atomic mass is 16.5. The van der Waals surface area contributed by atoms with E-state index in [0.29, 0.717) is 18.3 Å². The van der Waals surface area contributed by atoms with Crippen molar-refractivity contribution in [1.82, 2.24) is 9.97 Å². The molecule has 1 aliphatic rings. The average Bonchev–Trinajstić information content (AvgIpc) is 3.29. The van der Waals surface area contributed by atoms with Gasteiger partial charge in [-0.15, -0.1) is 0 Å². The van der Waals surface area contributed by atoms with Gasteiger partial charge in [-0.2, -0.15) is 0 Å². The van der Waals surface area contributed by atoms with Gasteiger partial charge in [-0.25, -0.2) is 9.97 Å². The number of nitrogens with two attached hydrogens (primary N) is 1. The molecule has 20 heavy (non-hydrogen) atoms. The van der Waals surface area contributed by atoms with Gasteiger partial charge in [-0.1, -0.05) is 19.1 Å². The predicted octanol–water partition coefficient (Wildman–Crippen LogP) is 3.39. The Bertz CT molecular complexity index is 608. The maximum atomic E-state index is 5.92. The van der Waals surface area contributed by atoms with E-state index in [1.54, 1.807) is 0 Å². The number of rotatable bonds is 5. The van der Waals surface area contributed by atoms with Crippen molar-refractivity contribution >= 4 is 5.82 Å². The predicted molar refractivity (Wildman–Crippen MR) is 79.6 cm³/mol. The van der Waals surface area contributed by atoms with Crippen LogP contribution in [0.3, 0.4) is 0 Å². The first-order chi connectivity index (χ1) is 9.78. The Morgan fingerprint density at radius 3 is 2.80 bits per heavy atom. The molecule has 4 nitrogen and oxygen atoms in total. The van der Waals surface area contributed by atoms with Gasteiger partial charge in [0.15, 0.2) is 0 Å². The Kier molecular flexibility index (Phi) is 3.54. The summed E-state index contributed by atoms with van der Waals surface area (Å²) in [7, 11) is 0. The molecular weight excluding hydrogens is 250 g/mol. The molecule has 0 spiro atoms. The third-order valence-corrected chi connectivity index (χ3v) is 3.33. The largest absolute Gasteiger partial charge is 0.493 e. The van der Waals surface area contributed by atoms with Gasteiger partial charge in [0, 0.05) is 17.5 Å². The lowest BCUT2D eigenvalue weighted by molar-refractivity contribution is 0.318. The van der Waals surface area contributed by atoms with E-state index in [4.69, 9.17) is 10.5 Å². The van der Waals surface area contributed by atoms with Gasteiger partial charge in [0.2, 0.25) is 0 Å². The second kappa shape index (κ2) is 5.49. The zero-order valence-corrected chi connectivity index (χ0v) is 11.7. The molecule has 1 aromatic carbocycles. The second-order valence-corrected chi connectivity index (χ2v) is 5.16. The van der Waals surface area contributed by atoms with Crippen molar-refractivity contribution in [3.63, 3.8) is 0 Å². The van der Waals surface area contributed by atoms with Crippen LogP contribution in [0.1, 0.15) is 37.9 Å². The standard InChI is InChI=1S/C16H19N3O/c1-2-9-20-14-6-4-3-5-12(14)13-10-15(17)19-16(18-13)11-7-8-11/h3-6,10-11H,2,7-9H2,1H3,(H2,17,18,19). The van der Waals surface area contributed by atoms with Crippen molar-refractivity contribution in [2.24, 2.45) is 0 Å². The number of aromatic nitrogens is 2. The third-order valence-electron chi connectivity index (χ3n) is 3.33. The van der Waals surface area contributed by atoms with Crippen LogP contribution in [0, 0.1) is 0 Å². The van der Waals surface area contributed by atoms with Crippen LogP contribution in [0.25, 0.3) is 11.3 Å². The topological polar surface area (TPSA) is 61.0 Å². The van der Waals surface area contributed by atoms with Crippen LogP contribution in [0.15, 0.2) is 30.3 Å². The van der Waals surface area contributed by atoms with Gasteiger partial charge in [-0.3, -0.25) is 0 Å². The average molecular weight is 269 g/mol. The van der Waals surface area contributed by atoms with Crippen molar-refractivity contribution in [3.05, 3.63) is 36.2 Å². The lowest BCUT2D eigenvalue weighted by Crippen LogP contribution is -2.02. The van der Waals surface area contributed by atoms with E-state index >= 15 is 0 Å². The summed E-state index contributed by atoms with van der Waals surface area (Å²) in [5, 5.41) is 0. The molecule has 1 fully saturated rings. The Hall–Kier alpha value is -2.10. The molecule has 0 aliphatic heterocycles. The number of nitrogens with zero attached hydrogens (tertiary/aromatic N) is 2. The Morgan fingerprint density at radius 1 is 1.25 bits per heavy atom. The SMILES string of the molecule is CCCOc1ccccc1-c1cc(N)nc(C2CC2)n1. The Morgan fingerprint density at radius 2 is 2.05 bits per heavy atom. The molecule has 2 N–H and O–H groups in total. The van der Waals surface area contributed by atoms with Crippen LogP contribution >= 0.6 is 0 Å². The van der Waals surface area contributed by atoms with Gasteiger partial charge in [-0.05, 0) is 31.4 Å². The maximum Gasteiger partial charge on any atom is 0.134 e. The highest BCUT2D eigenvalue weighted by Crippen LogP contribution is 2.39. The van der Waals surface area contributed by atoms with Crippen molar-refractivity contribution in [3.8, 4) is 17.0 Å². The molecule has 2 aromatic rings. The molecule has 1 aromatic heterocycles. The number of anilines is 1. The number of hydrogen-bond acceptors (Lipinski definition) is 4. The van der Waals surface area contributed by atoms with Crippen LogP contribution in [0.5, 0.6) is 5.75 Å². The fraction of sp³-hybridized carbons (Fsp3) is 0.375. The summed E-state index contributed by atoms with van der Waals surface area (Å²) in [4.78, 5) is 9.00. The summed E-state index contributed by atoms with van der Waals surface area (Å²) in [6.07, 6.45) is 3.31. The molecule has 0 saturated heterocycles. The quantitative estimate of drug-likeness (QED) is 0.903. The van der Waals surface area contributed by atoms with Gasteiger partial charge >= 0.3 is 0 Å². The minimum Gasteiger partial charge on any atom is -0.493 e. The highest BCUT2D eigenvalue weighted by Gasteiger charge is 2.27. The minimum absolute atomic E-state index is 0.487. The molecule has 0 radical (unpaired) electrons. The summed E-state index contributed by atoms with van der Waals surface area (Å²) >= 11 is 0. The normalized spacial score (nSPS) is 14.2. The van der Waals surface area contributed by atoms with E-state index in [9.17, 15) is 0 Å². The Labute approximate surface area is 119 Å². The molecule has 104 valence electrons. The van der Waals surface area contributed by atoms with Gasteiger partial charge < -0.3 is 10.5 Å². The minimum atomic E-state index is 0.487. The fourth-order valence-corrected chi connectivity index (χ4v) is 2.16. The molecule has 3 rings (SSSR count). The second-order valence-electron chi connectivity index (χ2n) is 5.16. The monoisotopic (exact) mass is 269 g/mol. The molecule has 0 bridgehead atoms. The molecule has 0 amide bonds. The molecule has 1 saturated carbocycles. The van der Waals surface area contributed by atoms with Gasteiger partial charge in [0.05, 0.1) is 12.3 Å². The van der Waals surface area contributed by atoms with Gasteiger partial charge in [0.1, 0.15) is 17.4 Å². The molecule has 1 heterocycles. The molecule has 0 atom stereocenters.